The van der Waals surface area contributed by atoms with Crippen LogP contribution in [0.1, 0.15) is 11.1 Å². The minimum Gasteiger partial charge on any atom is -0.208 e. The van der Waals surface area contributed by atoms with Crippen molar-refractivity contribution in [2.24, 2.45) is 0 Å². The van der Waals surface area contributed by atoms with E-state index in [0.29, 0.717) is 17.5 Å². The molecule has 0 N–H and O–H groups in total. The van der Waals surface area contributed by atoms with Gasteiger partial charge in [-0.15, -0.1) is 0 Å². The number of hydrogen-bond acceptors (Lipinski definition) is 3. The van der Waals surface area contributed by atoms with Gasteiger partial charge in [-0.2, -0.15) is 0 Å². The summed E-state index contributed by atoms with van der Waals surface area (Å²) >= 11 is 0. The van der Waals surface area contributed by atoms with Gasteiger partial charge in [0.2, 0.25) is 0 Å². The molecule has 6 aromatic carbocycles. The Labute approximate surface area is 227 Å². The zero-order valence-electron chi connectivity index (χ0n) is 21.3. The first-order chi connectivity index (χ1) is 19.3. The maximum Gasteiger partial charge on any atom is 0.164 e. The molecule has 1 aromatic heterocycles. The molecule has 0 unspecified atom stereocenters. The van der Waals surface area contributed by atoms with Crippen molar-refractivity contribution in [2.45, 2.75) is 6.42 Å². The second-order valence-corrected chi connectivity index (χ2v) is 9.71. The van der Waals surface area contributed by atoms with Gasteiger partial charge in [-0.1, -0.05) is 133 Å². The molecular formula is C36H25N3. The van der Waals surface area contributed by atoms with Crippen LogP contribution >= 0.6 is 0 Å². The molecule has 1 heterocycles. The van der Waals surface area contributed by atoms with Crippen LogP contribution in [0.2, 0.25) is 0 Å². The van der Waals surface area contributed by atoms with Crippen LogP contribution in [0, 0.1) is 0 Å². The van der Waals surface area contributed by atoms with Gasteiger partial charge in [-0.3, -0.25) is 0 Å². The fourth-order valence-corrected chi connectivity index (χ4v) is 5.21. The van der Waals surface area contributed by atoms with E-state index in [1.54, 1.807) is 0 Å². The Bertz CT molecular complexity index is 1800. The van der Waals surface area contributed by atoms with Crippen LogP contribution < -0.4 is 0 Å². The van der Waals surface area contributed by atoms with Crippen LogP contribution in [0.4, 0.5) is 0 Å². The fourth-order valence-electron chi connectivity index (χ4n) is 5.21. The van der Waals surface area contributed by atoms with Crippen molar-refractivity contribution in [3.05, 3.63) is 151 Å². The van der Waals surface area contributed by atoms with Crippen molar-refractivity contribution >= 4 is 21.5 Å². The maximum atomic E-state index is 4.87. The summed E-state index contributed by atoms with van der Waals surface area (Å²) in [6.07, 6.45) is 0.851. The third kappa shape index (κ3) is 4.55. The number of fused-ring (bicyclic) bond motifs is 2. The normalized spacial score (nSPS) is 11.2. The number of rotatable bonds is 5. The number of hydrogen-bond donors (Lipinski definition) is 0. The average molecular weight is 500 g/mol. The predicted molar refractivity (Wildman–Crippen MR) is 160 cm³/mol. The highest BCUT2D eigenvalue weighted by Crippen LogP contribution is 2.31. The summed E-state index contributed by atoms with van der Waals surface area (Å²) in [5, 5.41) is 5.15. The fraction of sp³-hybridized carbons (Fsp3) is 0.0278. The summed E-state index contributed by atoms with van der Waals surface area (Å²) in [4.78, 5) is 14.6. The molecule has 0 aliphatic carbocycles. The van der Waals surface area contributed by atoms with Crippen LogP contribution in [0.25, 0.3) is 55.7 Å². The van der Waals surface area contributed by atoms with Crippen molar-refractivity contribution in [3.63, 3.8) is 0 Å². The van der Waals surface area contributed by atoms with E-state index in [4.69, 9.17) is 15.0 Å². The van der Waals surface area contributed by atoms with Crippen molar-refractivity contribution in [1.82, 2.24) is 15.0 Å². The van der Waals surface area contributed by atoms with Crippen LogP contribution in [-0.2, 0) is 6.42 Å². The second-order valence-electron chi connectivity index (χ2n) is 9.71. The molecule has 0 atom stereocenters. The molecule has 0 spiro atoms. The number of nitrogens with zero attached hydrogens (tertiary/aromatic N) is 3. The molecule has 7 rings (SSSR count). The Hall–Kier alpha value is -5.15. The molecule has 0 bridgehead atoms. The average Bonchev–Trinajstić information content (AvgIpc) is 3.02. The standard InChI is InChI=1S/C36H25N3/c1-3-11-26(12-4-1)34-37-35(27-13-5-2-6-14-27)39-36(38-34)28-21-19-25(20-22-28)23-33-31-17-9-7-15-29(31)24-30-16-8-10-18-32(30)33/h1-22,24H,23H2. The van der Waals surface area contributed by atoms with Crippen molar-refractivity contribution in [2.75, 3.05) is 0 Å². The second kappa shape index (κ2) is 9.96. The Morgan fingerprint density at radius 3 is 1.28 bits per heavy atom. The Balaban J connectivity index is 1.29. The van der Waals surface area contributed by atoms with E-state index in [9.17, 15) is 0 Å². The topological polar surface area (TPSA) is 38.7 Å². The molecule has 0 saturated heterocycles. The van der Waals surface area contributed by atoms with E-state index in [-0.39, 0.29) is 0 Å². The molecule has 0 saturated carbocycles. The largest absolute Gasteiger partial charge is 0.208 e. The van der Waals surface area contributed by atoms with E-state index >= 15 is 0 Å². The van der Waals surface area contributed by atoms with Crippen LogP contribution in [-0.4, -0.2) is 15.0 Å². The SMILES string of the molecule is c1ccc(-c2nc(-c3ccccc3)nc(-c3ccc(Cc4c5ccccc5cc5ccccc45)cc3)n2)cc1. The van der Waals surface area contributed by atoms with Gasteiger partial charge in [-0.05, 0) is 45.2 Å². The van der Waals surface area contributed by atoms with Gasteiger partial charge in [0.25, 0.3) is 0 Å². The first-order valence-corrected chi connectivity index (χ1v) is 13.2. The summed E-state index contributed by atoms with van der Waals surface area (Å²) in [5.41, 5.74) is 5.52. The van der Waals surface area contributed by atoms with Crippen LogP contribution in [0.3, 0.4) is 0 Å². The predicted octanol–water partition coefficient (Wildman–Crippen LogP) is 8.77. The number of aromatic nitrogens is 3. The summed E-state index contributed by atoms with van der Waals surface area (Å²) in [7, 11) is 0. The zero-order chi connectivity index (χ0) is 26.0. The molecular weight excluding hydrogens is 474 g/mol. The minimum absolute atomic E-state index is 0.671. The molecule has 0 amide bonds. The summed E-state index contributed by atoms with van der Waals surface area (Å²) in [6.45, 7) is 0. The molecule has 0 aliphatic rings. The van der Waals surface area contributed by atoms with Gasteiger partial charge in [0.05, 0.1) is 0 Å². The lowest BCUT2D eigenvalue weighted by Crippen LogP contribution is -2.00. The van der Waals surface area contributed by atoms with Gasteiger partial charge in [-0.25, -0.2) is 15.0 Å². The molecule has 7 aromatic rings. The molecule has 0 aliphatic heterocycles. The highest BCUT2D eigenvalue weighted by atomic mass is 15.0. The van der Waals surface area contributed by atoms with E-state index in [1.165, 1.54) is 32.7 Å². The van der Waals surface area contributed by atoms with Crippen molar-refractivity contribution in [1.29, 1.82) is 0 Å². The summed E-state index contributed by atoms with van der Waals surface area (Å²) < 4.78 is 0. The third-order valence-electron chi connectivity index (χ3n) is 7.18. The van der Waals surface area contributed by atoms with Gasteiger partial charge in [0.1, 0.15) is 0 Å². The lowest BCUT2D eigenvalue weighted by Gasteiger charge is -2.12. The lowest BCUT2D eigenvalue weighted by molar-refractivity contribution is 1.07. The summed E-state index contributed by atoms with van der Waals surface area (Å²) in [5.74, 6) is 2.02. The van der Waals surface area contributed by atoms with Gasteiger partial charge >= 0.3 is 0 Å². The van der Waals surface area contributed by atoms with Crippen molar-refractivity contribution < 1.29 is 0 Å². The number of benzene rings is 6. The zero-order valence-corrected chi connectivity index (χ0v) is 21.3. The third-order valence-corrected chi connectivity index (χ3v) is 7.18. The maximum absolute atomic E-state index is 4.87. The quantitative estimate of drug-likeness (QED) is 0.222. The molecule has 3 heteroatoms. The van der Waals surface area contributed by atoms with Gasteiger partial charge in [0, 0.05) is 16.7 Å². The molecule has 0 radical (unpaired) electrons. The van der Waals surface area contributed by atoms with Crippen LogP contribution in [0.15, 0.2) is 140 Å². The molecule has 184 valence electrons. The Kier molecular flexibility index (Phi) is 5.87. The van der Waals surface area contributed by atoms with Crippen LogP contribution in [0.5, 0.6) is 0 Å². The Morgan fingerprint density at radius 2 is 0.795 bits per heavy atom. The molecule has 3 nitrogen and oxygen atoms in total. The van der Waals surface area contributed by atoms with E-state index in [1.807, 2.05) is 60.7 Å². The monoisotopic (exact) mass is 499 g/mol. The lowest BCUT2D eigenvalue weighted by atomic mass is 9.92. The minimum atomic E-state index is 0.671. The molecule has 0 fully saturated rings. The Morgan fingerprint density at radius 1 is 0.385 bits per heavy atom. The van der Waals surface area contributed by atoms with E-state index < -0.39 is 0 Å². The van der Waals surface area contributed by atoms with E-state index in [0.717, 1.165) is 23.1 Å². The van der Waals surface area contributed by atoms with Crippen molar-refractivity contribution in [3.8, 4) is 34.2 Å². The first kappa shape index (κ1) is 23.0. The summed E-state index contributed by atoms with van der Waals surface area (Å²) in [6, 6.07) is 48.4. The van der Waals surface area contributed by atoms with E-state index in [2.05, 4.69) is 78.9 Å². The highest BCUT2D eigenvalue weighted by Gasteiger charge is 2.13. The van der Waals surface area contributed by atoms with Gasteiger partial charge < -0.3 is 0 Å². The first-order valence-electron chi connectivity index (χ1n) is 13.2. The molecule has 39 heavy (non-hydrogen) atoms. The smallest absolute Gasteiger partial charge is 0.164 e. The van der Waals surface area contributed by atoms with Gasteiger partial charge in [0.15, 0.2) is 17.5 Å². The highest BCUT2D eigenvalue weighted by molar-refractivity contribution is 6.02.